The Balaban J connectivity index is 1.89. The third-order valence-electron chi connectivity index (χ3n) is 4.41. The molecule has 21 heavy (non-hydrogen) atoms. The molecule has 1 saturated heterocycles. The summed E-state index contributed by atoms with van der Waals surface area (Å²) in [5.74, 6) is 0.607. The van der Waals surface area contributed by atoms with Crippen LogP contribution in [0.4, 0.5) is 0 Å². The molecule has 1 fully saturated rings. The van der Waals surface area contributed by atoms with Gasteiger partial charge in [0.25, 0.3) is 0 Å². The summed E-state index contributed by atoms with van der Waals surface area (Å²) < 4.78 is 0. The van der Waals surface area contributed by atoms with E-state index in [0.717, 1.165) is 12.8 Å². The molecule has 0 aliphatic carbocycles. The largest absolute Gasteiger partial charge is 0.349 e. The molecule has 0 saturated carbocycles. The molecule has 1 heterocycles. The normalized spacial score (nSPS) is 22.4. The number of carbonyl (C=O) groups is 1. The van der Waals surface area contributed by atoms with Crippen LogP contribution in [-0.4, -0.2) is 5.91 Å². The van der Waals surface area contributed by atoms with E-state index in [-0.39, 0.29) is 11.9 Å². The second-order valence-electron chi connectivity index (χ2n) is 5.86. The molecule has 1 amide bonds. The van der Waals surface area contributed by atoms with Gasteiger partial charge in [0.15, 0.2) is 0 Å². The maximum absolute atomic E-state index is 12.0. The molecule has 0 radical (unpaired) electrons. The quantitative estimate of drug-likeness (QED) is 0.880. The van der Waals surface area contributed by atoms with Gasteiger partial charge in [-0.15, -0.1) is 0 Å². The molecule has 2 atom stereocenters. The van der Waals surface area contributed by atoms with E-state index < -0.39 is 0 Å². The second kappa shape index (κ2) is 6.13. The molecule has 0 bridgehead atoms. The first-order valence-electron chi connectivity index (χ1n) is 7.64. The van der Waals surface area contributed by atoms with Gasteiger partial charge in [-0.25, -0.2) is 0 Å². The van der Waals surface area contributed by atoms with Crippen LogP contribution in [0.15, 0.2) is 54.6 Å². The molecule has 0 aromatic heterocycles. The van der Waals surface area contributed by atoms with Crippen LogP contribution in [0.2, 0.25) is 0 Å². The summed E-state index contributed by atoms with van der Waals surface area (Å²) in [6.45, 7) is 2.16. The van der Waals surface area contributed by atoms with Crippen LogP contribution in [0.5, 0.6) is 0 Å². The maximum atomic E-state index is 12.0. The highest BCUT2D eigenvalue weighted by Crippen LogP contribution is 2.35. The lowest BCUT2D eigenvalue weighted by atomic mass is 9.85. The van der Waals surface area contributed by atoms with Crippen LogP contribution in [0.1, 0.15) is 47.9 Å². The third kappa shape index (κ3) is 3.15. The lowest BCUT2D eigenvalue weighted by Crippen LogP contribution is -2.26. The van der Waals surface area contributed by atoms with Gasteiger partial charge in [-0.3, -0.25) is 4.79 Å². The van der Waals surface area contributed by atoms with Crippen molar-refractivity contribution in [3.05, 3.63) is 71.3 Å². The third-order valence-corrected chi connectivity index (χ3v) is 4.41. The van der Waals surface area contributed by atoms with Gasteiger partial charge in [-0.05, 0) is 42.4 Å². The van der Waals surface area contributed by atoms with Gasteiger partial charge in [0.05, 0.1) is 6.04 Å². The summed E-state index contributed by atoms with van der Waals surface area (Å²) in [5, 5.41) is 3.18. The van der Waals surface area contributed by atoms with Crippen molar-refractivity contribution in [2.75, 3.05) is 0 Å². The van der Waals surface area contributed by atoms with E-state index in [1.807, 2.05) is 18.2 Å². The summed E-state index contributed by atoms with van der Waals surface area (Å²) in [6.07, 6.45) is 2.52. The van der Waals surface area contributed by atoms with Gasteiger partial charge in [-0.2, -0.15) is 0 Å². The molecule has 1 aliphatic rings. The van der Waals surface area contributed by atoms with Crippen molar-refractivity contribution in [1.29, 1.82) is 0 Å². The molecule has 108 valence electrons. The van der Waals surface area contributed by atoms with Crippen molar-refractivity contribution in [2.45, 2.75) is 38.1 Å². The summed E-state index contributed by atoms with van der Waals surface area (Å²) in [7, 11) is 0. The highest BCUT2D eigenvalue weighted by Gasteiger charge is 2.26. The molecule has 1 aliphatic heterocycles. The minimum absolute atomic E-state index is 0.116. The predicted molar refractivity (Wildman–Crippen MR) is 85.1 cm³/mol. The van der Waals surface area contributed by atoms with Crippen LogP contribution in [0.25, 0.3) is 0 Å². The Morgan fingerprint density at radius 2 is 1.71 bits per heavy atom. The zero-order valence-electron chi connectivity index (χ0n) is 12.4. The van der Waals surface area contributed by atoms with Crippen molar-refractivity contribution < 1.29 is 4.79 Å². The van der Waals surface area contributed by atoms with E-state index in [4.69, 9.17) is 0 Å². The van der Waals surface area contributed by atoms with Crippen LogP contribution in [-0.2, 0) is 4.79 Å². The second-order valence-corrected chi connectivity index (χ2v) is 5.86. The van der Waals surface area contributed by atoms with Crippen molar-refractivity contribution in [1.82, 2.24) is 5.32 Å². The number of benzene rings is 2. The Hall–Kier alpha value is -2.09. The topological polar surface area (TPSA) is 29.1 Å². The van der Waals surface area contributed by atoms with Gasteiger partial charge in [0.2, 0.25) is 5.91 Å². The lowest BCUT2D eigenvalue weighted by molar-refractivity contribution is -0.121. The number of amides is 1. The molecule has 1 N–H and O–H groups in total. The molecule has 2 heteroatoms. The Bertz CT molecular complexity index is 620. The van der Waals surface area contributed by atoms with Crippen molar-refractivity contribution in [3.8, 4) is 0 Å². The van der Waals surface area contributed by atoms with E-state index in [0.29, 0.717) is 12.3 Å². The summed E-state index contributed by atoms with van der Waals surface area (Å²) in [5.41, 5.74) is 3.91. The Labute approximate surface area is 126 Å². The Morgan fingerprint density at radius 1 is 1.00 bits per heavy atom. The molecule has 0 unspecified atom stereocenters. The van der Waals surface area contributed by atoms with Crippen LogP contribution in [0, 0.1) is 6.92 Å². The molecule has 2 nitrogen and oxygen atoms in total. The van der Waals surface area contributed by atoms with Crippen molar-refractivity contribution in [2.24, 2.45) is 0 Å². The fraction of sp³-hybridized carbons (Fsp3) is 0.316. The smallest absolute Gasteiger partial charge is 0.220 e. The van der Waals surface area contributed by atoms with E-state index >= 15 is 0 Å². The van der Waals surface area contributed by atoms with E-state index in [1.54, 1.807) is 0 Å². The summed E-state index contributed by atoms with van der Waals surface area (Å²) in [6, 6.07) is 18.9. The zero-order valence-corrected chi connectivity index (χ0v) is 12.4. The molecular formula is C19H21NO. The number of hydrogen-bond acceptors (Lipinski definition) is 1. The number of carbonyl (C=O) groups excluding carboxylic acids is 1. The van der Waals surface area contributed by atoms with Gasteiger partial charge in [0, 0.05) is 6.42 Å². The average molecular weight is 279 g/mol. The van der Waals surface area contributed by atoms with Crippen LogP contribution in [0.3, 0.4) is 0 Å². The standard InChI is InChI=1S/C19H21NO/c1-14-7-5-6-10-17(14)16-11-12-19(21)20-18(13-16)15-8-3-2-4-9-15/h2-10,16,18H,11-13H2,1H3,(H,20,21)/t16-,18+/m0/s1. The zero-order chi connectivity index (χ0) is 14.7. The van der Waals surface area contributed by atoms with Crippen LogP contribution < -0.4 is 5.32 Å². The molecule has 0 spiro atoms. The monoisotopic (exact) mass is 279 g/mol. The fourth-order valence-electron chi connectivity index (χ4n) is 3.27. The first-order chi connectivity index (χ1) is 10.2. The predicted octanol–water partition coefficient (Wildman–Crippen LogP) is 4.12. The number of nitrogens with one attached hydrogen (secondary N) is 1. The minimum Gasteiger partial charge on any atom is -0.349 e. The number of hydrogen-bond donors (Lipinski definition) is 1. The van der Waals surface area contributed by atoms with Gasteiger partial charge >= 0.3 is 0 Å². The highest BCUT2D eigenvalue weighted by atomic mass is 16.1. The molecule has 3 rings (SSSR count). The highest BCUT2D eigenvalue weighted by molar-refractivity contribution is 5.77. The number of rotatable bonds is 2. The van der Waals surface area contributed by atoms with E-state index in [2.05, 4.69) is 48.6 Å². The van der Waals surface area contributed by atoms with Crippen LogP contribution >= 0.6 is 0 Å². The SMILES string of the molecule is Cc1ccccc1[C@H]1CCC(=O)N[C@@H](c2ccccc2)C1. The first-order valence-corrected chi connectivity index (χ1v) is 7.64. The van der Waals surface area contributed by atoms with Crippen molar-refractivity contribution in [3.63, 3.8) is 0 Å². The first kappa shape index (κ1) is 13.9. The average Bonchev–Trinajstić information content (AvgIpc) is 2.71. The molecule has 2 aromatic carbocycles. The Kier molecular flexibility index (Phi) is 4.05. The molecular weight excluding hydrogens is 258 g/mol. The molecule has 2 aromatic rings. The van der Waals surface area contributed by atoms with Gasteiger partial charge in [-0.1, -0.05) is 54.6 Å². The maximum Gasteiger partial charge on any atom is 0.220 e. The van der Waals surface area contributed by atoms with E-state index in [1.165, 1.54) is 16.7 Å². The van der Waals surface area contributed by atoms with E-state index in [9.17, 15) is 4.79 Å². The lowest BCUT2D eigenvalue weighted by Gasteiger charge is -2.22. The summed E-state index contributed by atoms with van der Waals surface area (Å²) >= 11 is 0. The minimum atomic E-state index is 0.116. The van der Waals surface area contributed by atoms with Gasteiger partial charge < -0.3 is 5.32 Å². The van der Waals surface area contributed by atoms with Gasteiger partial charge in [0.1, 0.15) is 0 Å². The van der Waals surface area contributed by atoms with Crippen molar-refractivity contribution >= 4 is 5.91 Å². The Morgan fingerprint density at radius 3 is 2.48 bits per heavy atom. The number of aryl methyl sites for hydroxylation is 1. The summed E-state index contributed by atoms with van der Waals surface area (Å²) in [4.78, 5) is 12.0. The fourth-order valence-corrected chi connectivity index (χ4v) is 3.27.